The molecule has 1 N–H and O–H groups in total. The number of hydrogen-bond acceptors (Lipinski definition) is 2. The van der Waals surface area contributed by atoms with Crippen molar-refractivity contribution in [1.29, 1.82) is 0 Å². The van der Waals surface area contributed by atoms with E-state index in [4.69, 9.17) is 11.6 Å². The predicted molar refractivity (Wildman–Crippen MR) is 69.4 cm³/mol. The van der Waals surface area contributed by atoms with Crippen LogP contribution in [-0.2, 0) is 0 Å². The molecule has 2 rings (SSSR count). The third-order valence-corrected chi connectivity index (χ3v) is 2.98. The fourth-order valence-electron chi connectivity index (χ4n) is 1.84. The number of nitrogens with one attached hydrogen (secondary N) is 1. The van der Waals surface area contributed by atoms with E-state index >= 15 is 0 Å². The molecule has 0 atom stereocenters. The summed E-state index contributed by atoms with van der Waals surface area (Å²) in [6.45, 7) is 3.76. The standard InChI is InChI=1S/C13H12ClFN2O/c1-7(2)11-12(16-6-17-13(11)18)9-5-8(15)3-4-10(9)14/h3-7H,1-2H3,(H,16,17,18). The molecule has 1 aromatic carbocycles. The van der Waals surface area contributed by atoms with Crippen LogP contribution in [0.5, 0.6) is 0 Å². The largest absolute Gasteiger partial charge is 0.313 e. The summed E-state index contributed by atoms with van der Waals surface area (Å²) in [6.07, 6.45) is 1.30. The minimum absolute atomic E-state index is 0.0308. The molecule has 5 heteroatoms. The summed E-state index contributed by atoms with van der Waals surface area (Å²) in [5.74, 6) is -0.442. The predicted octanol–water partition coefficient (Wildman–Crippen LogP) is 3.35. The molecule has 0 fully saturated rings. The molecular formula is C13H12ClFN2O. The van der Waals surface area contributed by atoms with E-state index in [1.54, 1.807) is 0 Å². The lowest BCUT2D eigenvalue weighted by Crippen LogP contribution is -2.16. The molecular weight excluding hydrogens is 255 g/mol. The number of H-pyrrole nitrogens is 1. The van der Waals surface area contributed by atoms with Gasteiger partial charge in [0.15, 0.2) is 0 Å². The molecule has 0 amide bonds. The van der Waals surface area contributed by atoms with E-state index in [1.165, 1.54) is 24.5 Å². The maximum Gasteiger partial charge on any atom is 0.254 e. The third-order valence-electron chi connectivity index (χ3n) is 2.65. The Kier molecular flexibility index (Phi) is 3.48. The number of rotatable bonds is 2. The average Bonchev–Trinajstić information content (AvgIpc) is 2.31. The zero-order valence-electron chi connectivity index (χ0n) is 10.00. The lowest BCUT2D eigenvalue weighted by atomic mass is 9.98. The molecule has 3 nitrogen and oxygen atoms in total. The Morgan fingerprint density at radius 3 is 2.78 bits per heavy atom. The van der Waals surface area contributed by atoms with Gasteiger partial charge in [-0.25, -0.2) is 9.37 Å². The van der Waals surface area contributed by atoms with Crippen molar-refractivity contribution in [2.24, 2.45) is 0 Å². The Bertz CT molecular complexity index is 637. The van der Waals surface area contributed by atoms with Gasteiger partial charge in [0.2, 0.25) is 0 Å². The van der Waals surface area contributed by atoms with E-state index in [-0.39, 0.29) is 11.5 Å². The van der Waals surface area contributed by atoms with Crippen LogP contribution in [0.1, 0.15) is 25.3 Å². The van der Waals surface area contributed by atoms with E-state index < -0.39 is 5.82 Å². The maximum absolute atomic E-state index is 13.3. The Labute approximate surface area is 109 Å². The molecule has 0 aliphatic carbocycles. The van der Waals surface area contributed by atoms with Crippen molar-refractivity contribution >= 4 is 11.6 Å². The number of hydrogen-bond donors (Lipinski definition) is 1. The first kappa shape index (κ1) is 12.8. The first-order valence-corrected chi connectivity index (χ1v) is 5.91. The van der Waals surface area contributed by atoms with Crippen molar-refractivity contribution < 1.29 is 4.39 Å². The lowest BCUT2D eigenvalue weighted by Gasteiger charge is -2.11. The minimum Gasteiger partial charge on any atom is -0.313 e. The Morgan fingerprint density at radius 1 is 1.39 bits per heavy atom. The second-order valence-corrected chi connectivity index (χ2v) is 4.68. The highest BCUT2D eigenvalue weighted by molar-refractivity contribution is 6.33. The van der Waals surface area contributed by atoms with Crippen molar-refractivity contribution in [1.82, 2.24) is 9.97 Å². The zero-order valence-corrected chi connectivity index (χ0v) is 10.8. The van der Waals surface area contributed by atoms with Crippen LogP contribution in [0.2, 0.25) is 5.02 Å². The second-order valence-electron chi connectivity index (χ2n) is 4.27. The first-order valence-electron chi connectivity index (χ1n) is 5.53. The smallest absolute Gasteiger partial charge is 0.254 e. The molecule has 94 valence electrons. The van der Waals surface area contributed by atoms with Gasteiger partial charge in [0.25, 0.3) is 5.56 Å². The molecule has 0 saturated carbocycles. The summed E-state index contributed by atoms with van der Waals surface area (Å²) in [6, 6.07) is 4.02. The highest BCUT2D eigenvalue weighted by Crippen LogP contribution is 2.30. The van der Waals surface area contributed by atoms with Gasteiger partial charge < -0.3 is 4.98 Å². The first-order chi connectivity index (χ1) is 8.50. The van der Waals surface area contributed by atoms with Crippen molar-refractivity contribution in [3.8, 4) is 11.3 Å². The van der Waals surface area contributed by atoms with Crippen LogP contribution in [0.4, 0.5) is 4.39 Å². The van der Waals surface area contributed by atoms with Crippen LogP contribution in [0.3, 0.4) is 0 Å². The molecule has 18 heavy (non-hydrogen) atoms. The van der Waals surface area contributed by atoms with Crippen LogP contribution in [0.25, 0.3) is 11.3 Å². The molecule has 0 aliphatic rings. The quantitative estimate of drug-likeness (QED) is 0.906. The van der Waals surface area contributed by atoms with Crippen LogP contribution in [0.15, 0.2) is 29.3 Å². The van der Waals surface area contributed by atoms with Crippen molar-refractivity contribution in [3.63, 3.8) is 0 Å². The van der Waals surface area contributed by atoms with Crippen LogP contribution >= 0.6 is 11.6 Å². The fraction of sp³-hybridized carbons (Fsp3) is 0.231. The third kappa shape index (κ3) is 2.29. The molecule has 0 spiro atoms. The number of halogens is 2. The lowest BCUT2D eigenvalue weighted by molar-refractivity contribution is 0.628. The highest BCUT2D eigenvalue weighted by Gasteiger charge is 2.16. The van der Waals surface area contributed by atoms with E-state index in [2.05, 4.69) is 9.97 Å². The molecule has 0 aliphatic heterocycles. The van der Waals surface area contributed by atoms with Gasteiger partial charge in [-0.1, -0.05) is 25.4 Å². The number of aromatic nitrogens is 2. The summed E-state index contributed by atoms with van der Waals surface area (Å²) in [4.78, 5) is 18.5. The van der Waals surface area contributed by atoms with Crippen LogP contribution < -0.4 is 5.56 Å². The molecule has 0 unspecified atom stereocenters. The van der Waals surface area contributed by atoms with E-state index in [0.29, 0.717) is 21.8 Å². The van der Waals surface area contributed by atoms with Gasteiger partial charge in [0.1, 0.15) is 5.82 Å². The van der Waals surface area contributed by atoms with Gasteiger partial charge in [-0.2, -0.15) is 0 Å². The maximum atomic E-state index is 13.3. The Hall–Kier alpha value is -1.68. The topological polar surface area (TPSA) is 45.8 Å². The Balaban J connectivity index is 2.75. The second kappa shape index (κ2) is 4.90. The zero-order chi connectivity index (χ0) is 13.3. The number of aromatic amines is 1. The van der Waals surface area contributed by atoms with Gasteiger partial charge in [0, 0.05) is 11.1 Å². The van der Waals surface area contributed by atoms with Crippen LogP contribution in [0, 0.1) is 5.82 Å². The van der Waals surface area contributed by atoms with Crippen molar-refractivity contribution in [2.45, 2.75) is 19.8 Å². The van der Waals surface area contributed by atoms with Crippen LogP contribution in [-0.4, -0.2) is 9.97 Å². The monoisotopic (exact) mass is 266 g/mol. The fourth-order valence-corrected chi connectivity index (χ4v) is 2.05. The van der Waals surface area contributed by atoms with Gasteiger partial charge in [-0.3, -0.25) is 4.79 Å². The Morgan fingerprint density at radius 2 is 2.11 bits per heavy atom. The minimum atomic E-state index is -0.411. The molecule has 0 radical (unpaired) electrons. The average molecular weight is 267 g/mol. The van der Waals surface area contributed by atoms with Gasteiger partial charge in [-0.15, -0.1) is 0 Å². The van der Waals surface area contributed by atoms with E-state index in [9.17, 15) is 9.18 Å². The van der Waals surface area contributed by atoms with Gasteiger partial charge in [0.05, 0.1) is 17.0 Å². The highest BCUT2D eigenvalue weighted by atomic mass is 35.5. The molecule has 0 bridgehead atoms. The number of benzene rings is 1. The summed E-state index contributed by atoms with van der Waals surface area (Å²) < 4.78 is 13.3. The summed E-state index contributed by atoms with van der Waals surface area (Å²) in [7, 11) is 0. The van der Waals surface area contributed by atoms with Gasteiger partial charge in [-0.05, 0) is 24.1 Å². The van der Waals surface area contributed by atoms with Crippen molar-refractivity contribution in [3.05, 3.63) is 51.3 Å². The number of nitrogens with zero attached hydrogens (tertiary/aromatic N) is 1. The molecule has 1 heterocycles. The molecule has 1 aromatic heterocycles. The summed E-state index contributed by atoms with van der Waals surface area (Å²) >= 11 is 6.04. The molecule has 2 aromatic rings. The van der Waals surface area contributed by atoms with E-state index in [1.807, 2.05) is 13.8 Å². The normalized spacial score (nSPS) is 10.9. The summed E-state index contributed by atoms with van der Waals surface area (Å²) in [5.41, 5.74) is 1.14. The van der Waals surface area contributed by atoms with Gasteiger partial charge >= 0.3 is 0 Å². The summed E-state index contributed by atoms with van der Waals surface area (Å²) in [5, 5.41) is 0.372. The van der Waals surface area contributed by atoms with Crippen molar-refractivity contribution in [2.75, 3.05) is 0 Å². The van der Waals surface area contributed by atoms with E-state index in [0.717, 1.165) is 0 Å². The SMILES string of the molecule is CC(C)c1c(-c2cc(F)ccc2Cl)nc[nH]c1=O. The molecule has 0 saturated heterocycles.